The second-order valence-electron chi connectivity index (χ2n) is 5.30. The first kappa shape index (κ1) is 11.0. The van der Waals surface area contributed by atoms with E-state index in [4.69, 9.17) is 11.1 Å². The van der Waals surface area contributed by atoms with Crippen LogP contribution in [0.15, 0.2) is 24.3 Å². The Balaban J connectivity index is 2.14. The van der Waals surface area contributed by atoms with Crippen LogP contribution in [0.3, 0.4) is 0 Å². The Labute approximate surface area is 96.8 Å². The van der Waals surface area contributed by atoms with Crippen molar-refractivity contribution in [3.8, 4) is 0 Å². The van der Waals surface area contributed by atoms with Gasteiger partial charge in [0.1, 0.15) is 5.84 Å². The highest BCUT2D eigenvalue weighted by molar-refractivity contribution is 5.95. The zero-order chi connectivity index (χ0) is 11.8. The SMILES string of the molecule is CC1(C)CCN(c2ccc(C(=N)N)cc2)C1. The van der Waals surface area contributed by atoms with E-state index in [-0.39, 0.29) is 5.84 Å². The molecule has 1 saturated heterocycles. The van der Waals surface area contributed by atoms with Crippen molar-refractivity contribution in [1.29, 1.82) is 5.41 Å². The maximum absolute atomic E-state index is 7.34. The second-order valence-corrected chi connectivity index (χ2v) is 5.30. The maximum Gasteiger partial charge on any atom is 0.122 e. The first-order valence-corrected chi connectivity index (χ1v) is 5.67. The van der Waals surface area contributed by atoms with E-state index in [9.17, 15) is 0 Å². The fourth-order valence-corrected chi connectivity index (χ4v) is 2.18. The normalized spacial score (nSPS) is 18.8. The number of benzene rings is 1. The van der Waals surface area contributed by atoms with Gasteiger partial charge in [0.25, 0.3) is 0 Å². The number of hydrogen-bond donors (Lipinski definition) is 2. The average molecular weight is 217 g/mol. The van der Waals surface area contributed by atoms with E-state index in [0.29, 0.717) is 5.41 Å². The van der Waals surface area contributed by atoms with Gasteiger partial charge in [0.2, 0.25) is 0 Å². The molecule has 2 rings (SSSR count). The van der Waals surface area contributed by atoms with Gasteiger partial charge in [0, 0.05) is 24.3 Å². The van der Waals surface area contributed by atoms with E-state index < -0.39 is 0 Å². The molecule has 1 aromatic carbocycles. The lowest BCUT2D eigenvalue weighted by atomic mass is 9.93. The Morgan fingerprint density at radius 2 is 1.94 bits per heavy atom. The van der Waals surface area contributed by atoms with Crippen LogP contribution < -0.4 is 10.6 Å². The van der Waals surface area contributed by atoms with Crippen LogP contribution in [0.1, 0.15) is 25.8 Å². The number of nitrogens with zero attached hydrogens (tertiary/aromatic N) is 1. The number of rotatable bonds is 2. The molecule has 0 aliphatic carbocycles. The quantitative estimate of drug-likeness (QED) is 0.589. The van der Waals surface area contributed by atoms with Crippen LogP contribution in [0.2, 0.25) is 0 Å². The summed E-state index contributed by atoms with van der Waals surface area (Å²) in [5.74, 6) is 0.133. The van der Waals surface area contributed by atoms with Crippen LogP contribution >= 0.6 is 0 Å². The van der Waals surface area contributed by atoms with E-state index in [0.717, 1.165) is 18.7 Å². The van der Waals surface area contributed by atoms with Gasteiger partial charge in [-0.1, -0.05) is 13.8 Å². The summed E-state index contributed by atoms with van der Waals surface area (Å²) < 4.78 is 0. The molecule has 0 unspecified atom stereocenters. The summed E-state index contributed by atoms with van der Waals surface area (Å²) in [6.07, 6.45) is 1.24. The lowest BCUT2D eigenvalue weighted by molar-refractivity contribution is 0.418. The zero-order valence-electron chi connectivity index (χ0n) is 9.96. The van der Waals surface area contributed by atoms with Crippen molar-refractivity contribution in [3.63, 3.8) is 0 Å². The minimum Gasteiger partial charge on any atom is -0.384 e. The van der Waals surface area contributed by atoms with E-state index in [1.807, 2.05) is 12.1 Å². The highest BCUT2D eigenvalue weighted by Crippen LogP contribution is 2.32. The van der Waals surface area contributed by atoms with Crippen molar-refractivity contribution in [1.82, 2.24) is 0 Å². The molecule has 1 fully saturated rings. The smallest absolute Gasteiger partial charge is 0.122 e. The van der Waals surface area contributed by atoms with Crippen molar-refractivity contribution in [2.75, 3.05) is 18.0 Å². The monoisotopic (exact) mass is 217 g/mol. The molecule has 1 aliphatic rings. The summed E-state index contributed by atoms with van der Waals surface area (Å²) in [7, 11) is 0. The highest BCUT2D eigenvalue weighted by atomic mass is 15.2. The molecule has 16 heavy (non-hydrogen) atoms. The molecule has 3 N–H and O–H groups in total. The summed E-state index contributed by atoms with van der Waals surface area (Å²) in [5, 5.41) is 7.34. The molecule has 1 aromatic rings. The Morgan fingerprint density at radius 3 is 2.38 bits per heavy atom. The van der Waals surface area contributed by atoms with Crippen molar-refractivity contribution < 1.29 is 0 Å². The summed E-state index contributed by atoms with van der Waals surface area (Å²) in [6, 6.07) is 7.95. The van der Waals surface area contributed by atoms with Gasteiger partial charge in [-0.2, -0.15) is 0 Å². The molecule has 0 bridgehead atoms. The van der Waals surface area contributed by atoms with Crippen LogP contribution in [0.5, 0.6) is 0 Å². The van der Waals surface area contributed by atoms with Crippen molar-refractivity contribution in [3.05, 3.63) is 29.8 Å². The fraction of sp³-hybridized carbons (Fsp3) is 0.462. The van der Waals surface area contributed by atoms with Crippen molar-refractivity contribution in [2.45, 2.75) is 20.3 Å². The standard InChI is InChI=1S/C13H19N3/c1-13(2)7-8-16(9-13)11-5-3-10(4-6-11)12(14)15/h3-6H,7-9H2,1-2H3,(H3,14,15). The summed E-state index contributed by atoms with van der Waals surface area (Å²) in [5.41, 5.74) is 7.87. The van der Waals surface area contributed by atoms with Crippen molar-refractivity contribution >= 4 is 11.5 Å². The van der Waals surface area contributed by atoms with Gasteiger partial charge >= 0.3 is 0 Å². The van der Waals surface area contributed by atoms with E-state index in [1.54, 1.807) is 0 Å². The molecule has 0 saturated carbocycles. The Morgan fingerprint density at radius 1 is 1.31 bits per heavy atom. The predicted octanol–water partition coefficient (Wildman–Crippen LogP) is 2.21. The molecule has 0 spiro atoms. The fourth-order valence-electron chi connectivity index (χ4n) is 2.18. The summed E-state index contributed by atoms with van der Waals surface area (Å²) >= 11 is 0. The molecule has 0 aromatic heterocycles. The third-order valence-corrected chi connectivity index (χ3v) is 3.22. The molecule has 86 valence electrons. The number of anilines is 1. The highest BCUT2D eigenvalue weighted by Gasteiger charge is 2.29. The lowest BCUT2D eigenvalue weighted by Gasteiger charge is -2.21. The Kier molecular flexibility index (Phi) is 2.62. The molecule has 1 aliphatic heterocycles. The number of nitrogen functional groups attached to an aromatic ring is 1. The predicted molar refractivity (Wildman–Crippen MR) is 68.1 cm³/mol. The van der Waals surface area contributed by atoms with Crippen LogP contribution in [-0.2, 0) is 0 Å². The van der Waals surface area contributed by atoms with Crippen LogP contribution in [0.4, 0.5) is 5.69 Å². The van der Waals surface area contributed by atoms with Gasteiger partial charge in [-0.15, -0.1) is 0 Å². The second kappa shape index (κ2) is 3.81. The minimum atomic E-state index is 0.133. The zero-order valence-corrected chi connectivity index (χ0v) is 9.96. The van der Waals surface area contributed by atoms with Crippen molar-refractivity contribution in [2.24, 2.45) is 11.1 Å². The number of nitrogens with two attached hydrogens (primary N) is 1. The van der Waals surface area contributed by atoms with Gasteiger partial charge in [0.05, 0.1) is 0 Å². The largest absolute Gasteiger partial charge is 0.384 e. The Bertz CT molecular complexity index is 392. The minimum absolute atomic E-state index is 0.133. The van der Waals surface area contributed by atoms with Crippen LogP contribution in [0, 0.1) is 10.8 Å². The summed E-state index contributed by atoms with van der Waals surface area (Å²) in [4.78, 5) is 2.39. The third-order valence-electron chi connectivity index (χ3n) is 3.22. The number of nitrogens with one attached hydrogen (secondary N) is 1. The van der Waals surface area contributed by atoms with E-state index in [1.165, 1.54) is 12.1 Å². The number of amidine groups is 1. The molecular formula is C13H19N3. The molecule has 0 atom stereocenters. The van der Waals surface area contributed by atoms with Gasteiger partial charge in [0.15, 0.2) is 0 Å². The van der Waals surface area contributed by atoms with E-state index in [2.05, 4.69) is 30.9 Å². The van der Waals surface area contributed by atoms with Gasteiger partial charge in [-0.05, 0) is 36.1 Å². The molecule has 1 heterocycles. The first-order valence-electron chi connectivity index (χ1n) is 5.67. The van der Waals surface area contributed by atoms with Gasteiger partial charge < -0.3 is 10.6 Å². The topological polar surface area (TPSA) is 53.1 Å². The first-order chi connectivity index (χ1) is 7.48. The van der Waals surface area contributed by atoms with Crippen LogP contribution in [-0.4, -0.2) is 18.9 Å². The lowest BCUT2D eigenvalue weighted by Crippen LogP contribution is -2.22. The Hall–Kier alpha value is -1.51. The average Bonchev–Trinajstić information content (AvgIpc) is 2.59. The maximum atomic E-state index is 7.34. The molecule has 0 radical (unpaired) electrons. The molecule has 3 nitrogen and oxygen atoms in total. The summed E-state index contributed by atoms with van der Waals surface area (Å²) in [6.45, 7) is 6.83. The van der Waals surface area contributed by atoms with Crippen LogP contribution in [0.25, 0.3) is 0 Å². The van der Waals surface area contributed by atoms with E-state index >= 15 is 0 Å². The van der Waals surface area contributed by atoms with Gasteiger partial charge in [-0.3, -0.25) is 5.41 Å². The molecular weight excluding hydrogens is 198 g/mol. The third kappa shape index (κ3) is 2.18. The van der Waals surface area contributed by atoms with Gasteiger partial charge in [-0.25, -0.2) is 0 Å². The number of hydrogen-bond acceptors (Lipinski definition) is 2. The molecule has 3 heteroatoms. The molecule has 0 amide bonds.